The lowest BCUT2D eigenvalue weighted by Gasteiger charge is -2.08. The topological polar surface area (TPSA) is 87.8 Å². The fourth-order valence-electron chi connectivity index (χ4n) is 2.28. The molecule has 0 aliphatic rings. The predicted molar refractivity (Wildman–Crippen MR) is 93.5 cm³/mol. The molecule has 122 valence electrons. The molecule has 0 unspecified atom stereocenters. The van der Waals surface area contributed by atoms with Gasteiger partial charge in [-0.3, -0.25) is 9.59 Å². The molecule has 0 radical (unpaired) electrons. The van der Waals surface area contributed by atoms with Gasteiger partial charge in [0.2, 0.25) is 0 Å². The predicted octanol–water partition coefficient (Wildman–Crippen LogP) is 2.55. The minimum absolute atomic E-state index is 0.129. The van der Waals surface area contributed by atoms with Crippen molar-refractivity contribution in [3.63, 3.8) is 0 Å². The van der Waals surface area contributed by atoms with Crippen LogP contribution in [0.15, 0.2) is 71.5 Å². The zero-order valence-electron chi connectivity index (χ0n) is 13.2. The first kappa shape index (κ1) is 16.1. The summed E-state index contributed by atoms with van der Waals surface area (Å²) in [5.74, 6) is -0.419. The zero-order valence-corrected chi connectivity index (χ0v) is 13.2. The van der Waals surface area contributed by atoms with Crippen molar-refractivity contribution in [2.75, 3.05) is 5.32 Å². The van der Waals surface area contributed by atoms with Gasteiger partial charge in [-0.1, -0.05) is 30.3 Å². The molecule has 0 atom stereocenters. The van der Waals surface area contributed by atoms with E-state index in [0.29, 0.717) is 17.8 Å². The molecule has 6 nitrogen and oxygen atoms in total. The fourth-order valence-corrected chi connectivity index (χ4v) is 2.28. The van der Waals surface area contributed by atoms with Gasteiger partial charge in [0.15, 0.2) is 0 Å². The maximum absolute atomic E-state index is 12.4. The standard InChI is InChI=1S/C19H14N4O2/c20-13-12-14-6-8-15(9-7-14)21-19(25)17-10-11-18(24)23(22-17)16-4-2-1-3-5-16/h1-11H,12H2,(H,21,25). The Morgan fingerprint density at radius 1 is 1.04 bits per heavy atom. The average molecular weight is 330 g/mol. The van der Waals surface area contributed by atoms with Gasteiger partial charge in [0.05, 0.1) is 18.2 Å². The molecule has 2 aromatic carbocycles. The Hall–Kier alpha value is -3.72. The molecule has 0 saturated heterocycles. The molecule has 1 heterocycles. The number of rotatable bonds is 4. The molecule has 6 heteroatoms. The molecule has 0 aliphatic heterocycles. The Kier molecular flexibility index (Phi) is 4.67. The number of nitrogens with one attached hydrogen (secondary N) is 1. The van der Waals surface area contributed by atoms with Crippen LogP contribution in [0, 0.1) is 11.3 Å². The highest BCUT2D eigenvalue weighted by atomic mass is 16.2. The van der Waals surface area contributed by atoms with Crippen molar-refractivity contribution >= 4 is 11.6 Å². The van der Waals surface area contributed by atoms with Gasteiger partial charge in [-0.25, -0.2) is 0 Å². The van der Waals surface area contributed by atoms with Gasteiger partial charge in [0, 0.05) is 11.8 Å². The molecule has 0 saturated carbocycles. The molecule has 0 bridgehead atoms. The smallest absolute Gasteiger partial charge is 0.276 e. The van der Waals surface area contributed by atoms with E-state index in [2.05, 4.69) is 16.5 Å². The number of carbonyl (C=O) groups excluding carboxylic acids is 1. The number of anilines is 1. The van der Waals surface area contributed by atoms with Crippen LogP contribution in [0.25, 0.3) is 5.69 Å². The lowest BCUT2D eigenvalue weighted by molar-refractivity contribution is 0.102. The molecule has 0 spiro atoms. The molecule has 25 heavy (non-hydrogen) atoms. The molecule has 3 rings (SSSR count). The second-order valence-electron chi connectivity index (χ2n) is 5.29. The summed E-state index contributed by atoms with van der Waals surface area (Å²) in [5.41, 5.74) is 1.86. The van der Waals surface area contributed by atoms with Crippen LogP contribution >= 0.6 is 0 Å². The number of benzene rings is 2. The lowest BCUT2D eigenvalue weighted by atomic mass is 10.1. The van der Waals surface area contributed by atoms with Gasteiger partial charge in [-0.05, 0) is 35.9 Å². The third-order valence-corrected chi connectivity index (χ3v) is 3.53. The fraction of sp³-hybridized carbons (Fsp3) is 0.0526. The third kappa shape index (κ3) is 3.79. The van der Waals surface area contributed by atoms with Crippen molar-refractivity contribution in [3.8, 4) is 11.8 Å². The van der Waals surface area contributed by atoms with Crippen LogP contribution < -0.4 is 10.9 Å². The van der Waals surface area contributed by atoms with E-state index >= 15 is 0 Å². The highest BCUT2D eigenvalue weighted by molar-refractivity contribution is 6.02. The van der Waals surface area contributed by atoms with E-state index in [-0.39, 0.29) is 11.3 Å². The summed E-state index contributed by atoms with van der Waals surface area (Å²) < 4.78 is 1.19. The van der Waals surface area contributed by atoms with E-state index in [1.54, 1.807) is 48.5 Å². The number of hydrogen-bond acceptors (Lipinski definition) is 4. The van der Waals surface area contributed by atoms with Gasteiger partial charge in [-0.15, -0.1) is 0 Å². The summed E-state index contributed by atoms with van der Waals surface area (Å²) in [6.45, 7) is 0. The van der Waals surface area contributed by atoms with E-state index in [4.69, 9.17) is 5.26 Å². The van der Waals surface area contributed by atoms with Crippen molar-refractivity contribution in [1.29, 1.82) is 5.26 Å². The summed E-state index contributed by atoms with van der Waals surface area (Å²) in [5, 5.41) is 15.5. The summed E-state index contributed by atoms with van der Waals surface area (Å²) >= 11 is 0. The molecule has 1 aromatic heterocycles. The Morgan fingerprint density at radius 2 is 1.76 bits per heavy atom. The Balaban J connectivity index is 1.83. The lowest BCUT2D eigenvalue weighted by Crippen LogP contribution is -2.24. The Labute approximate surface area is 144 Å². The van der Waals surface area contributed by atoms with Crippen LogP contribution in [0.5, 0.6) is 0 Å². The summed E-state index contributed by atoms with van der Waals surface area (Å²) in [6.07, 6.45) is 0.317. The zero-order chi connectivity index (χ0) is 17.6. The second kappa shape index (κ2) is 7.23. The van der Waals surface area contributed by atoms with Gasteiger partial charge in [-0.2, -0.15) is 15.0 Å². The monoisotopic (exact) mass is 330 g/mol. The van der Waals surface area contributed by atoms with Crippen LogP contribution in [0.1, 0.15) is 16.1 Å². The summed E-state index contributed by atoms with van der Waals surface area (Å²) in [7, 11) is 0. The van der Waals surface area contributed by atoms with Gasteiger partial charge >= 0.3 is 0 Å². The molecular formula is C19H14N4O2. The van der Waals surface area contributed by atoms with Crippen molar-refractivity contribution in [1.82, 2.24) is 9.78 Å². The van der Waals surface area contributed by atoms with Crippen LogP contribution in [0.3, 0.4) is 0 Å². The minimum Gasteiger partial charge on any atom is -0.321 e. The van der Waals surface area contributed by atoms with E-state index in [9.17, 15) is 9.59 Å². The first-order valence-corrected chi connectivity index (χ1v) is 7.60. The van der Waals surface area contributed by atoms with Gasteiger partial charge in [0.25, 0.3) is 11.5 Å². The number of para-hydroxylation sites is 1. The van der Waals surface area contributed by atoms with E-state index in [1.807, 2.05) is 6.07 Å². The third-order valence-electron chi connectivity index (χ3n) is 3.53. The minimum atomic E-state index is -0.419. The highest BCUT2D eigenvalue weighted by Crippen LogP contribution is 2.11. The van der Waals surface area contributed by atoms with Gasteiger partial charge < -0.3 is 5.32 Å². The molecule has 3 aromatic rings. The average Bonchev–Trinajstić information content (AvgIpc) is 2.64. The quantitative estimate of drug-likeness (QED) is 0.796. The van der Waals surface area contributed by atoms with Crippen LogP contribution in [0.4, 0.5) is 5.69 Å². The summed E-state index contributed by atoms with van der Waals surface area (Å²) in [6, 6.07) is 20.7. The molecule has 0 aliphatic carbocycles. The Morgan fingerprint density at radius 3 is 2.44 bits per heavy atom. The number of carbonyl (C=O) groups is 1. The number of hydrogen-bond donors (Lipinski definition) is 1. The van der Waals surface area contributed by atoms with Crippen molar-refractivity contribution in [3.05, 3.63) is 88.3 Å². The first-order chi connectivity index (χ1) is 12.2. The van der Waals surface area contributed by atoms with Crippen molar-refractivity contribution in [2.45, 2.75) is 6.42 Å². The highest BCUT2D eigenvalue weighted by Gasteiger charge is 2.11. The van der Waals surface area contributed by atoms with Crippen LogP contribution in [-0.2, 0) is 6.42 Å². The molecule has 1 amide bonds. The number of nitrogens with zero attached hydrogens (tertiary/aromatic N) is 3. The maximum Gasteiger partial charge on any atom is 0.276 e. The largest absolute Gasteiger partial charge is 0.321 e. The second-order valence-corrected chi connectivity index (χ2v) is 5.29. The molecular weight excluding hydrogens is 316 g/mol. The van der Waals surface area contributed by atoms with Gasteiger partial charge in [0.1, 0.15) is 5.69 Å². The normalized spacial score (nSPS) is 10.0. The number of amides is 1. The van der Waals surface area contributed by atoms with Crippen LogP contribution in [-0.4, -0.2) is 15.7 Å². The van der Waals surface area contributed by atoms with E-state index in [0.717, 1.165) is 5.56 Å². The summed E-state index contributed by atoms with van der Waals surface area (Å²) in [4.78, 5) is 24.4. The SMILES string of the molecule is N#CCc1ccc(NC(=O)c2ccc(=O)n(-c3ccccc3)n2)cc1. The van der Waals surface area contributed by atoms with E-state index in [1.165, 1.54) is 16.8 Å². The first-order valence-electron chi connectivity index (χ1n) is 7.60. The van der Waals surface area contributed by atoms with Crippen LogP contribution in [0.2, 0.25) is 0 Å². The number of nitriles is 1. The molecule has 1 N–H and O–H groups in total. The molecule has 0 fully saturated rings. The van der Waals surface area contributed by atoms with E-state index < -0.39 is 5.91 Å². The Bertz CT molecular complexity index is 986. The number of aromatic nitrogens is 2. The van der Waals surface area contributed by atoms with Crippen molar-refractivity contribution in [2.24, 2.45) is 0 Å². The van der Waals surface area contributed by atoms with Crippen molar-refractivity contribution < 1.29 is 4.79 Å². The maximum atomic E-state index is 12.4.